The van der Waals surface area contributed by atoms with Crippen LogP contribution in [0.25, 0.3) is 0 Å². The fraction of sp³-hybridized carbons (Fsp3) is 0.571. The molecule has 0 aliphatic carbocycles. The fourth-order valence-electron chi connectivity index (χ4n) is 1.84. The van der Waals surface area contributed by atoms with Gasteiger partial charge in [0, 0.05) is 23.1 Å². The molecule has 1 unspecified atom stereocenters. The highest BCUT2D eigenvalue weighted by molar-refractivity contribution is 8.00. The Morgan fingerprint density at radius 1 is 1.28 bits per heavy atom. The number of nitrogens with one attached hydrogen (secondary N) is 1. The van der Waals surface area contributed by atoms with Crippen molar-refractivity contribution in [3.05, 3.63) is 18.2 Å². The maximum absolute atomic E-state index is 5.70. The highest BCUT2D eigenvalue weighted by atomic mass is 32.2. The molecule has 1 N–H and O–H groups in total. The predicted molar refractivity (Wildman–Crippen MR) is 75.9 cm³/mol. The number of fused-ring (bicyclic) bond motifs is 1. The molecular formula is C14H21NO2S. The third-order valence-electron chi connectivity index (χ3n) is 2.74. The van der Waals surface area contributed by atoms with Gasteiger partial charge in [-0.2, -0.15) is 0 Å². The monoisotopic (exact) mass is 267 g/mol. The van der Waals surface area contributed by atoms with Gasteiger partial charge in [0.1, 0.15) is 0 Å². The van der Waals surface area contributed by atoms with Crippen LogP contribution in [-0.2, 0) is 0 Å². The molecule has 3 nitrogen and oxygen atoms in total. The van der Waals surface area contributed by atoms with Crippen molar-refractivity contribution in [2.45, 2.75) is 30.4 Å². The SMILES string of the molecule is CCNCC(C)Sc1ccc2c(c1)OCCCO2. The van der Waals surface area contributed by atoms with Crippen molar-refractivity contribution in [1.29, 1.82) is 0 Å². The normalized spacial score (nSPS) is 16.1. The highest BCUT2D eigenvalue weighted by Gasteiger charge is 2.12. The number of hydrogen-bond donors (Lipinski definition) is 1. The molecule has 1 aromatic carbocycles. The van der Waals surface area contributed by atoms with Gasteiger partial charge in [-0.1, -0.05) is 13.8 Å². The zero-order valence-electron chi connectivity index (χ0n) is 11.1. The summed E-state index contributed by atoms with van der Waals surface area (Å²) >= 11 is 1.87. The van der Waals surface area contributed by atoms with E-state index in [0.29, 0.717) is 5.25 Å². The second-order valence-corrected chi connectivity index (χ2v) is 5.91. The second-order valence-electron chi connectivity index (χ2n) is 4.40. The Labute approximate surface area is 113 Å². The zero-order chi connectivity index (χ0) is 12.8. The molecule has 1 aliphatic rings. The van der Waals surface area contributed by atoms with E-state index in [0.717, 1.165) is 44.2 Å². The van der Waals surface area contributed by atoms with Gasteiger partial charge in [-0.25, -0.2) is 0 Å². The highest BCUT2D eigenvalue weighted by Crippen LogP contribution is 2.35. The Morgan fingerprint density at radius 2 is 2.06 bits per heavy atom. The lowest BCUT2D eigenvalue weighted by Gasteiger charge is -2.13. The minimum absolute atomic E-state index is 0.551. The minimum atomic E-state index is 0.551. The van der Waals surface area contributed by atoms with Crippen LogP contribution in [0.3, 0.4) is 0 Å². The van der Waals surface area contributed by atoms with E-state index in [9.17, 15) is 0 Å². The van der Waals surface area contributed by atoms with Crippen LogP contribution in [0.2, 0.25) is 0 Å². The summed E-state index contributed by atoms with van der Waals surface area (Å²) in [7, 11) is 0. The maximum Gasteiger partial charge on any atom is 0.162 e. The number of rotatable bonds is 5. The van der Waals surface area contributed by atoms with Crippen LogP contribution in [0.4, 0.5) is 0 Å². The quantitative estimate of drug-likeness (QED) is 0.831. The summed E-state index contributed by atoms with van der Waals surface area (Å²) in [5.41, 5.74) is 0. The van der Waals surface area contributed by atoms with Crippen LogP contribution >= 0.6 is 11.8 Å². The number of benzene rings is 1. The molecular weight excluding hydrogens is 246 g/mol. The molecule has 1 aromatic rings. The summed E-state index contributed by atoms with van der Waals surface area (Å²) < 4.78 is 11.3. The van der Waals surface area contributed by atoms with E-state index in [2.05, 4.69) is 31.3 Å². The average molecular weight is 267 g/mol. The summed E-state index contributed by atoms with van der Waals surface area (Å²) in [5.74, 6) is 1.75. The van der Waals surface area contributed by atoms with Gasteiger partial charge < -0.3 is 14.8 Å². The third kappa shape index (κ3) is 3.82. The van der Waals surface area contributed by atoms with Crippen molar-refractivity contribution >= 4 is 11.8 Å². The molecule has 0 saturated heterocycles. The van der Waals surface area contributed by atoms with Crippen molar-refractivity contribution in [1.82, 2.24) is 5.32 Å². The Kier molecular flexibility index (Phi) is 5.20. The van der Waals surface area contributed by atoms with Crippen LogP contribution in [0.1, 0.15) is 20.3 Å². The molecule has 0 fully saturated rings. The van der Waals surface area contributed by atoms with Gasteiger partial charge in [0.05, 0.1) is 13.2 Å². The zero-order valence-corrected chi connectivity index (χ0v) is 11.9. The first-order valence-electron chi connectivity index (χ1n) is 6.56. The first kappa shape index (κ1) is 13.6. The summed E-state index contributed by atoms with van der Waals surface area (Å²) in [4.78, 5) is 1.24. The van der Waals surface area contributed by atoms with Gasteiger partial charge in [0.2, 0.25) is 0 Å². The Bertz CT molecular complexity index is 384. The first-order valence-corrected chi connectivity index (χ1v) is 7.44. The fourth-order valence-corrected chi connectivity index (χ4v) is 2.83. The van der Waals surface area contributed by atoms with Gasteiger partial charge in [-0.05, 0) is 24.7 Å². The summed E-state index contributed by atoms with van der Waals surface area (Å²) in [6, 6.07) is 6.22. The summed E-state index contributed by atoms with van der Waals surface area (Å²) in [6.45, 7) is 7.90. The standard InChI is InChI=1S/C14H21NO2S/c1-3-15-10-11(2)18-12-5-6-13-14(9-12)17-8-4-7-16-13/h5-6,9,11,15H,3-4,7-8,10H2,1-2H3. The molecule has 0 bridgehead atoms. The van der Waals surface area contributed by atoms with E-state index in [4.69, 9.17) is 9.47 Å². The van der Waals surface area contributed by atoms with Crippen molar-refractivity contribution in [2.75, 3.05) is 26.3 Å². The number of thioether (sulfide) groups is 1. The molecule has 1 aliphatic heterocycles. The predicted octanol–water partition coefficient (Wildman–Crippen LogP) is 2.94. The number of hydrogen-bond acceptors (Lipinski definition) is 4. The Hall–Kier alpha value is -0.870. The van der Waals surface area contributed by atoms with Crippen molar-refractivity contribution in [3.8, 4) is 11.5 Å². The summed E-state index contributed by atoms with van der Waals surface area (Å²) in [6.07, 6.45) is 0.952. The molecule has 0 aromatic heterocycles. The Balaban J connectivity index is 1.99. The molecule has 0 saturated carbocycles. The van der Waals surface area contributed by atoms with Crippen molar-refractivity contribution in [2.24, 2.45) is 0 Å². The topological polar surface area (TPSA) is 30.5 Å². The van der Waals surface area contributed by atoms with Gasteiger partial charge in [0.25, 0.3) is 0 Å². The van der Waals surface area contributed by atoms with Crippen LogP contribution < -0.4 is 14.8 Å². The molecule has 1 heterocycles. The second kappa shape index (κ2) is 6.90. The lowest BCUT2D eigenvalue weighted by molar-refractivity contribution is 0.297. The maximum atomic E-state index is 5.70. The third-order valence-corrected chi connectivity index (χ3v) is 3.83. The molecule has 0 spiro atoms. The van der Waals surface area contributed by atoms with E-state index in [1.807, 2.05) is 17.8 Å². The lowest BCUT2D eigenvalue weighted by Crippen LogP contribution is -2.21. The molecule has 4 heteroatoms. The Morgan fingerprint density at radius 3 is 2.83 bits per heavy atom. The largest absolute Gasteiger partial charge is 0.490 e. The van der Waals surface area contributed by atoms with Crippen LogP contribution in [0.15, 0.2) is 23.1 Å². The van der Waals surface area contributed by atoms with E-state index in [1.54, 1.807) is 0 Å². The van der Waals surface area contributed by atoms with E-state index >= 15 is 0 Å². The van der Waals surface area contributed by atoms with E-state index < -0.39 is 0 Å². The molecule has 0 radical (unpaired) electrons. The van der Waals surface area contributed by atoms with Gasteiger partial charge in [0.15, 0.2) is 11.5 Å². The molecule has 18 heavy (non-hydrogen) atoms. The molecule has 0 amide bonds. The lowest BCUT2D eigenvalue weighted by atomic mass is 10.3. The molecule has 2 rings (SSSR count). The van der Waals surface area contributed by atoms with Gasteiger partial charge in [-0.3, -0.25) is 0 Å². The molecule has 1 atom stereocenters. The van der Waals surface area contributed by atoms with Crippen LogP contribution in [0, 0.1) is 0 Å². The van der Waals surface area contributed by atoms with E-state index in [1.165, 1.54) is 4.90 Å². The van der Waals surface area contributed by atoms with Crippen molar-refractivity contribution < 1.29 is 9.47 Å². The number of ether oxygens (including phenoxy) is 2. The summed E-state index contributed by atoms with van der Waals surface area (Å²) in [5, 5.41) is 3.91. The first-order chi connectivity index (χ1) is 8.79. The smallest absolute Gasteiger partial charge is 0.162 e. The van der Waals surface area contributed by atoms with Crippen molar-refractivity contribution in [3.63, 3.8) is 0 Å². The van der Waals surface area contributed by atoms with Crippen LogP contribution in [0.5, 0.6) is 11.5 Å². The molecule has 100 valence electrons. The van der Waals surface area contributed by atoms with Gasteiger partial charge >= 0.3 is 0 Å². The van der Waals surface area contributed by atoms with E-state index in [-0.39, 0.29) is 0 Å². The van der Waals surface area contributed by atoms with Gasteiger partial charge in [-0.15, -0.1) is 11.8 Å². The van der Waals surface area contributed by atoms with Crippen LogP contribution in [-0.4, -0.2) is 31.6 Å². The minimum Gasteiger partial charge on any atom is -0.490 e. The average Bonchev–Trinajstić information content (AvgIpc) is 2.61.